The van der Waals surface area contributed by atoms with Gasteiger partial charge < -0.3 is 9.84 Å². The lowest BCUT2D eigenvalue weighted by atomic mass is 10.2. The molecule has 0 saturated heterocycles. The van der Waals surface area contributed by atoms with Crippen LogP contribution >= 0.6 is 0 Å². The number of nitrogens with zero attached hydrogens (tertiary/aromatic N) is 1. The molecule has 0 atom stereocenters. The van der Waals surface area contributed by atoms with E-state index < -0.39 is 32.5 Å². The lowest BCUT2D eigenvalue weighted by Gasteiger charge is -2.21. The zero-order chi connectivity index (χ0) is 18.1. The summed E-state index contributed by atoms with van der Waals surface area (Å²) < 4.78 is 57.5. The van der Waals surface area contributed by atoms with Gasteiger partial charge >= 0.3 is 5.97 Å². The monoisotopic (exact) mass is 357 g/mol. The summed E-state index contributed by atoms with van der Waals surface area (Å²) in [4.78, 5) is 10.7. The van der Waals surface area contributed by atoms with E-state index in [1.807, 2.05) is 0 Å². The first-order valence-electron chi connectivity index (χ1n) is 6.53. The van der Waals surface area contributed by atoms with Crippen LogP contribution in [0.15, 0.2) is 41.3 Å². The third kappa shape index (κ3) is 3.16. The Balaban J connectivity index is 2.58. The smallest absolute Gasteiger partial charge is 0.335 e. The third-order valence-corrected chi connectivity index (χ3v) is 5.12. The first kappa shape index (κ1) is 17.7. The number of anilines is 1. The van der Waals surface area contributed by atoms with Crippen LogP contribution in [0.25, 0.3) is 0 Å². The minimum atomic E-state index is -4.26. The molecule has 0 amide bonds. The van der Waals surface area contributed by atoms with E-state index in [4.69, 9.17) is 9.84 Å². The van der Waals surface area contributed by atoms with Crippen LogP contribution < -0.4 is 9.04 Å². The van der Waals surface area contributed by atoms with Crippen molar-refractivity contribution in [2.75, 3.05) is 18.5 Å². The van der Waals surface area contributed by atoms with E-state index in [2.05, 4.69) is 0 Å². The Morgan fingerprint density at radius 3 is 2.33 bits per heavy atom. The van der Waals surface area contributed by atoms with Crippen molar-refractivity contribution >= 4 is 21.7 Å². The first-order valence-corrected chi connectivity index (χ1v) is 7.98. The molecule has 0 aliphatic heterocycles. The zero-order valence-corrected chi connectivity index (χ0v) is 13.5. The first-order chi connectivity index (χ1) is 11.2. The summed E-state index contributed by atoms with van der Waals surface area (Å²) in [5.41, 5.74) is -0.384. The van der Waals surface area contributed by atoms with Crippen molar-refractivity contribution in [2.24, 2.45) is 0 Å². The summed E-state index contributed by atoms with van der Waals surface area (Å²) in [6.07, 6.45) is 0. The van der Waals surface area contributed by atoms with Gasteiger partial charge in [-0.3, -0.25) is 4.31 Å². The van der Waals surface area contributed by atoms with Crippen molar-refractivity contribution in [1.82, 2.24) is 0 Å². The molecule has 0 heterocycles. The van der Waals surface area contributed by atoms with Gasteiger partial charge in [-0.15, -0.1) is 0 Å². The maximum atomic E-state index is 13.3. The highest BCUT2D eigenvalue weighted by Crippen LogP contribution is 2.30. The number of aromatic carboxylic acids is 1. The molecule has 2 rings (SSSR count). The third-order valence-electron chi connectivity index (χ3n) is 3.32. The Morgan fingerprint density at radius 2 is 1.79 bits per heavy atom. The van der Waals surface area contributed by atoms with Gasteiger partial charge in [-0.1, -0.05) is 0 Å². The van der Waals surface area contributed by atoms with Gasteiger partial charge in [-0.25, -0.2) is 22.0 Å². The quantitative estimate of drug-likeness (QED) is 0.889. The second-order valence-electron chi connectivity index (χ2n) is 4.74. The van der Waals surface area contributed by atoms with Crippen molar-refractivity contribution in [3.05, 3.63) is 53.6 Å². The Hall–Kier alpha value is -2.68. The van der Waals surface area contributed by atoms with Gasteiger partial charge in [0.1, 0.15) is 10.6 Å². The second-order valence-corrected chi connectivity index (χ2v) is 6.68. The van der Waals surface area contributed by atoms with Gasteiger partial charge in [0.2, 0.25) is 0 Å². The van der Waals surface area contributed by atoms with Crippen molar-refractivity contribution in [1.29, 1.82) is 0 Å². The maximum Gasteiger partial charge on any atom is 0.335 e. The van der Waals surface area contributed by atoms with Crippen LogP contribution in [0.3, 0.4) is 0 Å². The van der Waals surface area contributed by atoms with Crippen LogP contribution in [0.5, 0.6) is 5.75 Å². The average Bonchev–Trinajstić information content (AvgIpc) is 2.55. The Labute approximate surface area is 137 Å². The number of sulfonamides is 1. The summed E-state index contributed by atoms with van der Waals surface area (Å²) in [6, 6.07) is 5.94. The van der Waals surface area contributed by atoms with E-state index in [0.29, 0.717) is 4.31 Å². The number of carbonyl (C=O) groups is 1. The lowest BCUT2D eigenvalue weighted by Crippen LogP contribution is -2.27. The van der Waals surface area contributed by atoms with Crippen molar-refractivity contribution in [3.8, 4) is 5.75 Å². The molecule has 0 spiro atoms. The van der Waals surface area contributed by atoms with Crippen LogP contribution in [0.1, 0.15) is 10.4 Å². The predicted octanol–water partition coefficient (Wildman–Crippen LogP) is 2.50. The van der Waals surface area contributed by atoms with Crippen LogP contribution in [0.2, 0.25) is 0 Å². The molecule has 0 unspecified atom stereocenters. The van der Waals surface area contributed by atoms with E-state index >= 15 is 0 Å². The van der Waals surface area contributed by atoms with Gasteiger partial charge in [0, 0.05) is 13.1 Å². The number of halogens is 2. The lowest BCUT2D eigenvalue weighted by molar-refractivity contribution is 0.0696. The Kier molecular flexibility index (Phi) is 4.74. The van der Waals surface area contributed by atoms with Gasteiger partial charge in [-0.05, 0) is 30.3 Å². The number of rotatable bonds is 5. The zero-order valence-electron chi connectivity index (χ0n) is 12.7. The SMILES string of the molecule is COc1ccc(C(=O)O)cc1S(=O)(=O)N(C)c1ccc(F)c(F)c1. The highest BCUT2D eigenvalue weighted by Gasteiger charge is 2.27. The molecule has 0 aliphatic carbocycles. The van der Waals surface area contributed by atoms with Gasteiger partial charge in [0.05, 0.1) is 18.4 Å². The van der Waals surface area contributed by atoms with Crippen molar-refractivity contribution < 1.29 is 31.8 Å². The van der Waals surface area contributed by atoms with E-state index in [0.717, 1.165) is 31.3 Å². The fourth-order valence-corrected chi connectivity index (χ4v) is 3.35. The highest BCUT2D eigenvalue weighted by molar-refractivity contribution is 7.92. The number of hydrogen-bond donors (Lipinski definition) is 1. The maximum absolute atomic E-state index is 13.3. The molecular formula is C15H13F2NO5S. The predicted molar refractivity (Wildman–Crippen MR) is 81.9 cm³/mol. The van der Waals surface area contributed by atoms with E-state index in [1.165, 1.54) is 19.2 Å². The normalized spacial score (nSPS) is 11.2. The number of methoxy groups -OCH3 is 1. The fourth-order valence-electron chi connectivity index (χ4n) is 1.98. The van der Waals surface area contributed by atoms with Crippen molar-refractivity contribution in [2.45, 2.75) is 4.90 Å². The molecule has 0 fully saturated rings. The standard InChI is InChI=1S/C15H13F2NO5S/c1-18(10-4-5-11(16)12(17)8-10)24(21,22)14-7-9(15(19)20)3-6-13(14)23-2/h3-8H,1-2H3,(H,19,20). The molecule has 0 bridgehead atoms. The molecule has 6 nitrogen and oxygen atoms in total. The molecule has 0 radical (unpaired) electrons. The van der Waals surface area contributed by atoms with Gasteiger partial charge in [-0.2, -0.15) is 0 Å². The van der Waals surface area contributed by atoms with E-state index in [-0.39, 0.29) is 17.0 Å². The minimum Gasteiger partial charge on any atom is -0.495 e. The summed E-state index contributed by atoms with van der Waals surface area (Å²) in [5.74, 6) is -3.71. The summed E-state index contributed by atoms with van der Waals surface area (Å²) in [6.45, 7) is 0. The number of ether oxygens (including phenoxy) is 1. The molecule has 128 valence electrons. The molecule has 24 heavy (non-hydrogen) atoms. The molecule has 1 N–H and O–H groups in total. The molecule has 2 aromatic carbocycles. The average molecular weight is 357 g/mol. The number of benzene rings is 2. The topological polar surface area (TPSA) is 83.9 Å². The largest absolute Gasteiger partial charge is 0.495 e. The fraction of sp³-hybridized carbons (Fsp3) is 0.133. The molecule has 2 aromatic rings. The number of carboxylic acids is 1. The van der Waals surface area contributed by atoms with E-state index in [9.17, 15) is 22.0 Å². The summed E-state index contributed by atoms with van der Waals surface area (Å²) >= 11 is 0. The summed E-state index contributed by atoms with van der Waals surface area (Å²) in [5, 5.41) is 9.02. The minimum absolute atomic E-state index is 0.0746. The summed E-state index contributed by atoms with van der Waals surface area (Å²) in [7, 11) is -1.90. The van der Waals surface area contributed by atoms with Crippen LogP contribution in [0, 0.1) is 11.6 Å². The second kappa shape index (κ2) is 6.44. The number of carboxylic acid groups (broad SMARTS) is 1. The Morgan fingerprint density at radius 1 is 1.12 bits per heavy atom. The van der Waals surface area contributed by atoms with E-state index in [1.54, 1.807) is 0 Å². The molecule has 0 aromatic heterocycles. The van der Waals surface area contributed by atoms with Gasteiger partial charge in [0.15, 0.2) is 11.6 Å². The highest BCUT2D eigenvalue weighted by atomic mass is 32.2. The number of hydrogen-bond acceptors (Lipinski definition) is 4. The van der Waals surface area contributed by atoms with Crippen LogP contribution in [-0.2, 0) is 10.0 Å². The molecule has 0 aliphatic rings. The Bertz CT molecular complexity index is 899. The van der Waals surface area contributed by atoms with Crippen molar-refractivity contribution in [3.63, 3.8) is 0 Å². The van der Waals surface area contributed by atoms with Gasteiger partial charge in [0.25, 0.3) is 10.0 Å². The van der Waals surface area contributed by atoms with Crippen LogP contribution in [0.4, 0.5) is 14.5 Å². The van der Waals surface area contributed by atoms with Crippen LogP contribution in [-0.4, -0.2) is 33.7 Å². The molecule has 9 heteroatoms. The molecule has 0 saturated carbocycles. The molecular weight excluding hydrogens is 344 g/mol.